The molecule has 4 rings (SSSR count). The van der Waals surface area contributed by atoms with Crippen molar-refractivity contribution in [3.8, 4) is 0 Å². The molecule has 1 amide bonds. The Bertz CT molecular complexity index is 1130. The van der Waals surface area contributed by atoms with Gasteiger partial charge in [-0.05, 0) is 42.4 Å². The van der Waals surface area contributed by atoms with Crippen molar-refractivity contribution in [3.63, 3.8) is 0 Å². The highest BCUT2D eigenvalue weighted by Crippen LogP contribution is 2.35. The van der Waals surface area contributed by atoms with Crippen LogP contribution in [0.5, 0.6) is 0 Å². The van der Waals surface area contributed by atoms with E-state index in [1.807, 2.05) is 32.9 Å². The maximum atomic E-state index is 13.3. The van der Waals surface area contributed by atoms with Crippen molar-refractivity contribution in [1.29, 1.82) is 0 Å². The fraction of sp³-hybridized carbons (Fsp3) is 0.435. The number of carboxylic acid groups (broad SMARTS) is 1. The molecule has 2 unspecified atom stereocenters. The van der Waals surface area contributed by atoms with Crippen LogP contribution in [0.1, 0.15) is 78.6 Å². The third-order valence-electron chi connectivity index (χ3n) is 5.80. The van der Waals surface area contributed by atoms with E-state index in [9.17, 15) is 14.7 Å². The van der Waals surface area contributed by atoms with Gasteiger partial charge in [0, 0.05) is 17.5 Å². The zero-order valence-electron chi connectivity index (χ0n) is 18.4. The molecule has 0 aromatic carbocycles. The average Bonchev–Trinajstić information content (AvgIpc) is 3.40. The third kappa shape index (κ3) is 4.42. The fourth-order valence-electron chi connectivity index (χ4n) is 4.20. The lowest BCUT2D eigenvalue weighted by Crippen LogP contribution is -2.40. The van der Waals surface area contributed by atoms with Gasteiger partial charge in [-0.15, -0.1) is 5.10 Å². The summed E-state index contributed by atoms with van der Waals surface area (Å²) >= 11 is 0. The summed E-state index contributed by atoms with van der Waals surface area (Å²) in [6.07, 6.45) is 7.45. The van der Waals surface area contributed by atoms with Crippen molar-refractivity contribution >= 4 is 11.9 Å². The summed E-state index contributed by atoms with van der Waals surface area (Å²) in [5.74, 6) is -1.53. The molecule has 2 N–H and O–H groups in total. The van der Waals surface area contributed by atoms with Crippen molar-refractivity contribution in [3.05, 3.63) is 65.1 Å². The van der Waals surface area contributed by atoms with Crippen molar-refractivity contribution in [2.45, 2.75) is 58.5 Å². The molecular weight excluding hydrogens is 410 g/mol. The molecule has 2 atom stereocenters. The van der Waals surface area contributed by atoms with Gasteiger partial charge >= 0.3 is 5.97 Å². The second-order valence-electron chi connectivity index (χ2n) is 9.21. The minimum Gasteiger partial charge on any atom is -0.475 e. The summed E-state index contributed by atoms with van der Waals surface area (Å²) in [5, 5.41) is 20.9. The van der Waals surface area contributed by atoms with Gasteiger partial charge in [0.05, 0.1) is 31.0 Å². The Morgan fingerprint density at radius 3 is 2.91 bits per heavy atom. The molecule has 3 aromatic rings. The first-order chi connectivity index (χ1) is 15.2. The molecule has 3 aromatic heterocycles. The number of furan rings is 1. The molecule has 0 saturated carbocycles. The highest BCUT2D eigenvalue weighted by molar-refractivity contribution is 5.86. The van der Waals surface area contributed by atoms with Crippen LogP contribution in [0.2, 0.25) is 0 Å². The molecule has 9 nitrogen and oxygen atoms in total. The molecule has 168 valence electrons. The summed E-state index contributed by atoms with van der Waals surface area (Å²) in [4.78, 5) is 29.0. The third-order valence-corrected chi connectivity index (χ3v) is 5.80. The Kier molecular flexibility index (Phi) is 5.82. The van der Waals surface area contributed by atoms with Gasteiger partial charge in [-0.3, -0.25) is 9.78 Å². The number of nitrogens with one attached hydrogen (secondary N) is 1. The van der Waals surface area contributed by atoms with Crippen LogP contribution in [0.3, 0.4) is 0 Å². The van der Waals surface area contributed by atoms with Crippen LogP contribution in [0.4, 0.5) is 0 Å². The van der Waals surface area contributed by atoms with Gasteiger partial charge in [0.25, 0.3) is 0 Å². The van der Waals surface area contributed by atoms with Crippen LogP contribution in [-0.4, -0.2) is 37.0 Å². The van der Waals surface area contributed by atoms with Gasteiger partial charge < -0.3 is 14.8 Å². The predicted octanol–water partition coefficient (Wildman–Crippen LogP) is 3.34. The quantitative estimate of drug-likeness (QED) is 0.606. The number of aromatic carboxylic acids is 1. The minimum atomic E-state index is -1.13. The van der Waals surface area contributed by atoms with Crippen molar-refractivity contribution in [2.75, 3.05) is 0 Å². The number of rotatable bonds is 6. The summed E-state index contributed by atoms with van der Waals surface area (Å²) in [6.45, 7) is 6.31. The first-order valence-corrected chi connectivity index (χ1v) is 10.7. The van der Waals surface area contributed by atoms with Crippen LogP contribution in [0.25, 0.3) is 0 Å². The fourth-order valence-corrected chi connectivity index (χ4v) is 4.20. The number of hydrogen-bond donors (Lipinski definition) is 2. The van der Waals surface area contributed by atoms with Crippen molar-refractivity contribution in [2.24, 2.45) is 5.41 Å². The molecule has 1 aliphatic rings. The number of carbonyl (C=O) groups is 2. The van der Waals surface area contributed by atoms with Crippen LogP contribution < -0.4 is 5.32 Å². The Labute approximate surface area is 185 Å². The highest BCUT2D eigenvalue weighted by atomic mass is 16.4. The maximum absolute atomic E-state index is 13.3. The van der Waals surface area contributed by atoms with Gasteiger partial charge in [0.1, 0.15) is 5.69 Å². The molecule has 0 bridgehead atoms. The van der Waals surface area contributed by atoms with E-state index in [1.165, 1.54) is 6.26 Å². The van der Waals surface area contributed by atoms with E-state index in [1.54, 1.807) is 23.1 Å². The Morgan fingerprint density at radius 2 is 2.16 bits per heavy atom. The first kappa shape index (κ1) is 21.7. The zero-order valence-corrected chi connectivity index (χ0v) is 18.4. The number of carboxylic acids is 1. The van der Waals surface area contributed by atoms with E-state index < -0.39 is 5.97 Å². The predicted molar refractivity (Wildman–Crippen MR) is 115 cm³/mol. The molecule has 9 heteroatoms. The second kappa shape index (κ2) is 8.57. The molecule has 0 aliphatic heterocycles. The van der Waals surface area contributed by atoms with E-state index in [0.29, 0.717) is 11.3 Å². The van der Waals surface area contributed by atoms with Gasteiger partial charge in [-0.25, -0.2) is 9.48 Å². The molecule has 1 aliphatic carbocycles. The lowest BCUT2D eigenvalue weighted by atomic mass is 9.82. The lowest BCUT2D eigenvalue weighted by molar-refractivity contribution is -0.124. The number of aromatic nitrogens is 4. The SMILES string of the molecule is CC(C)(C)C(NC(=O)C1CCCc2ncccc21)c1cn(Cc2ccoc2C(=O)O)nn1. The molecule has 3 heterocycles. The Hall–Kier alpha value is -3.49. The normalized spacial score (nSPS) is 16.9. The van der Waals surface area contributed by atoms with Gasteiger partial charge in [-0.2, -0.15) is 0 Å². The number of aryl methyl sites for hydroxylation is 1. The number of fused-ring (bicyclic) bond motifs is 1. The summed E-state index contributed by atoms with van der Waals surface area (Å²) < 4.78 is 6.59. The standard InChI is InChI=1S/C23H27N5O4/c1-23(2,3)20(25-21(29)16-6-4-8-17-15(16)7-5-10-24-17)18-13-28(27-26-18)12-14-9-11-32-19(14)22(30)31/h5,7,9-11,13,16,20H,4,6,8,12H2,1-3H3,(H,25,29)(H,30,31). The maximum Gasteiger partial charge on any atom is 0.372 e. The average molecular weight is 438 g/mol. The van der Waals surface area contributed by atoms with E-state index >= 15 is 0 Å². The topological polar surface area (TPSA) is 123 Å². The molecule has 0 fully saturated rings. The number of carbonyl (C=O) groups excluding carboxylic acids is 1. The highest BCUT2D eigenvalue weighted by Gasteiger charge is 2.34. The molecule has 0 spiro atoms. The number of nitrogens with zero attached hydrogens (tertiary/aromatic N) is 4. The van der Waals surface area contributed by atoms with Crippen LogP contribution in [0.15, 0.2) is 41.3 Å². The van der Waals surface area contributed by atoms with Crippen molar-refractivity contribution in [1.82, 2.24) is 25.3 Å². The minimum absolute atomic E-state index is 0.0450. The Balaban J connectivity index is 1.55. The van der Waals surface area contributed by atoms with Gasteiger partial charge in [-0.1, -0.05) is 32.1 Å². The van der Waals surface area contributed by atoms with Gasteiger partial charge in [0.15, 0.2) is 0 Å². The number of hydrogen-bond acceptors (Lipinski definition) is 6. The first-order valence-electron chi connectivity index (χ1n) is 10.7. The summed E-state index contributed by atoms with van der Waals surface area (Å²) in [5.41, 5.74) is 2.79. The smallest absolute Gasteiger partial charge is 0.372 e. The van der Waals surface area contributed by atoms with Crippen molar-refractivity contribution < 1.29 is 19.1 Å². The number of pyridine rings is 1. The van der Waals surface area contributed by atoms with E-state index in [0.717, 1.165) is 30.5 Å². The van der Waals surface area contributed by atoms with Crippen LogP contribution in [-0.2, 0) is 17.8 Å². The van der Waals surface area contributed by atoms with Gasteiger partial charge in [0.2, 0.25) is 11.7 Å². The second-order valence-corrected chi connectivity index (χ2v) is 9.21. The van der Waals surface area contributed by atoms with E-state index in [-0.39, 0.29) is 35.6 Å². The molecular formula is C23H27N5O4. The molecule has 0 saturated heterocycles. The molecule has 0 radical (unpaired) electrons. The monoisotopic (exact) mass is 437 g/mol. The van der Waals surface area contributed by atoms with Crippen LogP contribution >= 0.6 is 0 Å². The largest absolute Gasteiger partial charge is 0.475 e. The summed E-state index contributed by atoms with van der Waals surface area (Å²) in [6, 6.07) is 5.09. The van der Waals surface area contributed by atoms with Crippen LogP contribution in [0, 0.1) is 5.41 Å². The zero-order chi connectivity index (χ0) is 22.9. The Morgan fingerprint density at radius 1 is 1.34 bits per heavy atom. The lowest BCUT2D eigenvalue weighted by Gasteiger charge is -2.32. The van der Waals surface area contributed by atoms with E-state index in [2.05, 4.69) is 20.6 Å². The summed E-state index contributed by atoms with van der Waals surface area (Å²) in [7, 11) is 0. The number of amides is 1. The van der Waals surface area contributed by atoms with E-state index in [4.69, 9.17) is 4.42 Å². The molecule has 32 heavy (non-hydrogen) atoms.